The fourth-order valence-corrected chi connectivity index (χ4v) is 1.40. The molecule has 1 aromatic carbocycles. The molecule has 14 heavy (non-hydrogen) atoms. The second kappa shape index (κ2) is 6.24. The fraction of sp³-hybridized carbons (Fsp3) is 0.200. The molecule has 0 atom stereocenters. The van der Waals surface area contributed by atoms with Crippen molar-refractivity contribution >= 4 is 22.0 Å². The summed E-state index contributed by atoms with van der Waals surface area (Å²) >= 11 is 3.39. The maximum atomic E-state index is 8.06. The van der Waals surface area contributed by atoms with Crippen LogP contribution in [-0.4, -0.2) is 6.54 Å². The highest BCUT2D eigenvalue weighted by atomic mass is 79.9. The lowest BCUT2D eigenvalue weighted by molar-refractivity contribution is 1.22. The van der Waals surface area contributed by atoms with E-state index in [0.717, 1.165) is 10.9 Å². The molecule has 0 N–H and O–H groups in total. The van der Waals surface area contributed by atoms with Crippen LogP contribution in [-0.2, 0) is 5.33 Å². The summed E-state index contributed by atoms with van der Waals surface area (Å²) in [5, 5.41) is 4.27. The first-order chi connectivity index (χ1) is 6.86. The van der Waals surface area contributed by atoms with E-state index in [1.54, 1.807) is 0 Å². The summed E-state index contributed by atoms with van der Waals surface area (Å²) in [6.07, 6.45) is 3.79. The molecule has 0 saturated heterocycles. The average molecular weight is 252 g/mol. The molecule has 0 radical (unpaired) electrons. The van der Waals surface area contributed by atoms with Crippen molar-refractivity contribution < 1.29 is 0 Å². The van der Waals surface area contributed by atoms with E-state index in [4.69, 9.17) is 5.53 Å². The molecule has 1 aromatic rings. The van der Waals surface area contributed by atoms with Crippen molar-refractivity contribution in [2.75, 3.05) is 6.54 Å². The van der Waals surface area contributed by atoms with Crippen molar-refractivity contribution in [3.63, 3.8) is 0 Å². The summed E-state index contributed by atoms with van der Waals surface area (Å²) in [6, 6.07) is 8.16. The molecule has 0 spiro atoms. The molecule has 0 bridgehead atoms. The Morgan fingerprint density at radius 1 is 1.50 bits per heavy atom. The van der Waals surface area contributed by atoms with Crippen LogP contribution in [0.4, 0.5) is 0 Å². The van der Waals surface area contributed by atoms with Gasteiger partial charge in [0, 0.05) is 16.8 Å². The molecule has 0 heterocycles. The van der Waals surface area contributed by atoms with Crippen molar-refractivity contribution in [1.82, 2.24) is 0 Å². The van der Waals surface area contributed by atoms with Crippen LogP contribution >= 0.6 is 15.9 Å². The minimum atomic E-state index is 0.398. The summed E-state index contributed by atoms with van der Waals surface area (Å²) in [5.41, 5.74) is 10.4. The number of hydrogen-bond acceptors (Lipinski definition) is 1. The van der Waals surface area contributed by atoms with Crippen molar-refractivity contribution in [3.8, 4) is 0 Å². The molecular formula is C10H10BrN3. The molecule has 3 nitrogen and oxygen atoms in total. The van der Waals surface area contributed by atoms with E-state index in [-0.39, 0.29) is 0 Å². The zero-order chi connectivity index (χ0) is 10.2. The molecular weight excluding hydrogens is 242 g/mol. The third kappa shape index (κ3) is 3.64. The van der Waals surface area contributed by atoms with Crippen LogP contribution in [0.15, 0.2) is 35.5 Å². The quantitative estimate of drug-likeness (QED) is 0.337. The van der Waals surface area contributed by atoms with Gasteiger partial charge in [0.25, 0.3) is 0 Å². The van der Waals surface area contributed by atoms with Gasteiger partial charge < -0.3 is 0 Å². The average Bonchev–Trinajstić information content (AvgIpc) is 2.25. The van der Waals surface area contributed by atoms with Gasteiger partial charge in [-0.1, -0.05) is 57.5 Å². The van der Waals surface area contributed by atoms with Gasteiger partial charge in [-0.15, -0.1) is 0 Å². The predicted molar refractivity (Wildman–Crippen MR) is 62.1 cm³/mol. The maximum absolute atomic E-state index is 8.06. The Balaban J connectivity index is 2.66. The number of halogens is 1. The summed E-state index contributed by atoms with van der Waals surface area (Å²) in [4.78, 5) is 2.67. The molecule has 0 amide bonds. The third-order valence-electron chi connectivity index (χ3n) is 1.67. The van der Waals surface area contributed by atoms with Crippen LogP contribution in [0.25, 0.3) is 16.5 Å². The molecule has 0 aromatic heterocycles. The second-order valence-electron chi connectivity index (χ2n) is 2.69. The monoisotopic (exact) mass is 251 g/mol. The minimum Gasteiger partial charge on any atom is -0.0899 e. The summed E-state index contributed by atoms with van der Waals surface area (Å²) in [5.74, 6) is 0. The van der Waals surface area contributed by atoms with Crippen molar-refractivity contribution in [2.24, 2.45) is 5.11 Å². The van der Waals surface area contributed by atoms with Gasteiger partial charge in [-0.2, -0.15) is 0 Å². The van der Waals surface area contributed by atoms with E-state index in [2.05, 4.69) is 38.1 Å². The predicted octanol–water partition coefficient (Wildman–Crippen LogP) is 3.91. The number of hydrogen-bond donors (Lipinski definition) is 0. The highest BCUT2D eigenvalue weighted by Crippen LogP contribution is 2.09. The first kappa shape index (κ1) is 10.8. The Hall–Kier alpha value is -1.25. The van der Waals surface area contributed by atoms with E-state index in [1.165, 1.54) is 5.56 Å². The number of rotatable bonds is 4. The highest BCUT2D eigenvalue weighted by molar-refractivity contribution is 9.08. The van der Waals surface area contributed by atoms with Crippen molar-refractivity contribution in [2.45, 2.75) is 5.33 Å². The zero-order valence-electron chi connectivity index (χ0n) is 7.60. The molecule has 72 valence electrons. The van der Waals surface area contributed by atoms with Crippen LogP contribution in [0, 0.1) is 0 Å². The Labute approximate surface area is 91.2 Å². The molecule has 4 heteroatoms. The summed E-state index contributed by atoms with van der Waals surface area (Å²) in [7, 11) is 0. The first-order valence-corrected chi connectivity index (χ1v) is 5.31. The standard InChI is InChI=1S/C10H10BrN3/c11-8-10-4-1-3-9(7-10)5-2-6-13-14-12/h1-5,7H,6,8H2. The Kier molecular flexibility index (Phi) is 4.83. The number of alkyl halides is 1. The van der Waals surface area contributed by atoms with Gasteiger partial charge >= 0.3 is 0 Å². The zero-order valence-corrected chi connectivity index (χ0v) is 9.18. The van der Waals surface area contributed by atoms with Crippen LogP contribution in [0.1, 0.15) is 11.1 Å². The number of benzene rings is 1. The number of nitrogens with zero attached hydrogens (tertiary/aromatic N) is 3. The second-order valence-corrected chi connectivity index (χ2v) is 3.26. The SMILES string of the molecule is [N-]=[N+]=NCC=Cc1cccc(CBr)c1. The van der Waals surface area contributed by atoms with Crippen LogP contribution in [0.3, 0.4) is 0 Å². The Morgan fingerprint density at radius 2 is 2.36 bits per heavy atom. The summed E-state index contributed by atoms with van der Waals surface area (Å²) in [6.45, 7) is 0.398. The van der Waals surface area contributed by atoms with E-state index in [1.807, 2.05) is 24.3 Å². The van der Waals surface area contributed by atoms with E-state index < -0.39 is 0 Å². The lowest BCUT2D eigenvalue weighted by atomic mass is 10.1. The third-order valence-corrected chi connectivity index (χ3v) is 2.31. The van der Waals surface area contributed by atoms with E-state index in [0.29, 0.717) is 6.54 Å². The van der Waals surface area contributed by atoms with E-state index in [9.17, 15) is 0 Å². The highest BCUT2D eigenvalue weighted by Gasteiger charge is 1.89. The molecule has 0 aliphatic heterocycles. The number of azide groups is 1. The van der Waals surface area contributed by atoms with Crippen LogP contribution in [0.5, 0.6) is 0 Å². The van der Waals surface area contributed by atoms with Gasteiger partial charge in [-0.3, -0.25) is 0 Å². The van der Waals surface area contributed by atoms with Gasteiger partial charge in [-0.25, -0.2) is 0 Å². The van der Waals surface area contributed by atoms with Crippen molar-refractivity contribution in [1.29, 1.82) is 0 Å². The van der Waals surface area contributed by atoms with Gasteiger partial charge in [0.2, 0.25) is 0 Å². The van der Waals surface area contributed by atoms with Crippen LogP contribution < -0.4 is 0 Å². The van der Waals surface area contributed by atoms with Gasteiger partial charge in [0.15, 0.2) is 0 Å². The van der Waals surface area contributed by atoms with Gasteiger partial charge in [-0.05, 0) is 16.7 Å². The normalized spacial score (nSPS) is 10.1. The first-order valence-electron chi connectivity index (χ1n) is 4.19. The smallest absolute Gasteiger partial charge is 0.0443 e. The molecule has 0 fully saturated rings. The lowest BCUT2D eigenvalue weighted by Gasteiger charge is -1.96. The summed E-state index contributed by atoms with van der Waals surface area (Å²) < 4.78 is 0. The molecule has 0 aliphatic carbocycles. The fourth-order valence-electron chi connectivity index (χ4n) is 1.05. The van der Waals surface area contributed by atoms with Crippen LogP contribution in [0.2, 0.25) is 0 Å². The lowest BCUT2D eigenvalue weighted by Crippen LogP contribution is -1.78. The Morgan fingerprint density at radius 3 is 3.07 bits per heavy atom. The Bertz CT molecular complexity index is 367. The molecule has 0 unspecified atom stereocenters. The molecule has 0 saturated carbocycles. The largest absolute Gasteiger partial charge is 0.0899 e. The van der Waals surface area contributed by atoms with E-state index >= 15 is 0 Å². The molecule has 0 aliphatic rings. The molecule has 1 rings (SSSR count). The van der Waals surface area contributed by atoms with Gasteiger partial charge in [0.05, 0.1) is 0 Å². The minimum absolute atomic E-state index is 0.398. The van der Waals surface area contributed by atoms with Crippen molar-refractivity contribution in [3.05, 3.63) is 51.9 Å². The maximum Gasteiger partial charge on any atom is 0.0443 e. The van der Waals surface area contributed by atoms with Gasteiger partial charge in [0.1, 0.15) is 0 Å². The topological polar surface area (TPSA) is 48.8 Å².